The average Bonchev–Trinajstić information content (AvgIpc) is 3.25. The number of hydrogen-bond acceptors (Lipinski definition) is 5. The molecule has 1 unspecified atom stereocenters. The molecule has 1 amide bonds. The first-order chi connectivity index (χ1) is 12.9. The topological polar surface area (TPSA) is 79.1 Å². The van der Waals surface area contributed by atoms with Gasteiger partial charge in [-0.3, -0.25) is 4.99 Å². The summed E-state index contributed by atoms with van der Waals surface area (Å²) < 4.78 is 10.8. The Bertz CT molecular complexity index is 599. The highest BCUT2D eigenvalue weighted by Gasteiger charge is 2.30. The highest BCUT2D eigenvalue weighted by molar-refractivity contribution is 7.98. The summed E-state index contributed by atoms with van der Waals surface area (Å²) in [6, 6.07) is 4.03. The largest absolute Gasteiger partial charge is 0.469 e. The Kier molecular flexibility index (Phi) is 8.34. The number of guanidine groups is 1. The van der Waals surface area contributed by atoms with Gasteiger partial charge in [0.05, 0.1) is 12.8 Å². The fraction of sp³-hybridized carbons (Fsp3) is 0.684. The molecule has 0 saturated carbocycles. The summed E-state index contributed by atoms with van der Waals surface area (Å²) in [6.07, 6.45) is 5.18. The SMILES string of the molecule is CSCCN=C(NCCc1ccco1)NC1CCN(C(=O)OC(C)(C)C)C1. The van der Waals surface area contributed by atoms with Crippen molar-refractivity contribution < 1.29 is 13.9 Å². The van der Waals surface area contributed by atoms with Gasteiger partial charge in [-0.25, -0.2) is 4.79 Å². The summed E-state index contributed by atoms with van der Waals surface area (Å²) in [5.41, 5.74) is -0.472. The number of furan rings is 1. The summed E-state index contributed by atoms with van der Waals surface area (Å²) in [4.78, 5) is 18.6. The highest BCUT2D eigenvalue weighted by atomic mass is 32.2. The fourth-order valence-electron chi connectivity index (χ4n) is 2.72. The summed E-state index contributed by atoms with van der Waals surface area (Å²) in [5.74, 6) is 2.70. The van der Waals surface area contributed by atoms with Crippen LogP contribution in [0.15, 0.2) is 27.8 Å². The molecule has 1 atom stereocenters. The lowest BCUT2D eigenvalue weighted by Crippen LogP contribution is -2.46. The van der Waals surface area contributed by atoms with E-state index in [1.807, 2.05) is 32.9 Å². The molecule has 0 aromatic carbocycles. The summed E-state index contributed by atoms with van der Waals surface area (Å²) >= 11 is 1.77. The molecule has 2 rings (SSSR count). The molecule has 1 aliphatic heterocycles. The molecular formula is C19H32N4O3S. The molecule has 0 spiro atoms. The average molecular weight is 397 g/mol. The first-order valence-corrected chi connectivity index (χ1v) is 10.8. The Morgan fingerprint density at radius 1 is 1.48 bits per heavy atom. The van der Waals surface area contributed by atoms with Crippen LogP contribution in [-0.4, -0.2) is 66.8 Å². The van der Waals surface area contributed by atoms with E-state index in [-0.39, 0.29) is 12.1 Å². The third kappa shape index (κ3) is 8.15. The van der Waals surface area contributed by atoms with Crippen LogP contribution in [0, 0.1) is 0 Å². The maximum absolute atomic E-state index is 12.2. The number of nitrogens with one attached hydrogen (secondary N) is 2. The number of amides is 1. The number of thioether (sulfide) groups is 1. The van der Waals surface area contributed by atoms with Gasteiger partial charge in [-0.2, -0.15) is 11.8 Å². The van der Waals surface area contributed by atoms with E-state index in [0.29, 0.717) is 13.1 Å². The molecule has 2 N–H and O–H groups in total. The summed E-state index contributed by atoms with van der Waals surface area (Å²) in [6.45, 7) is 8.46. The van der Waals surface area contributed by atoms with E-state index in [9.17, 15) is 4.79 Å². The zero-order valence-corrected chi connectivity index (χ0v) is 17.6. The van der Waals surface area contributed by atoms with Crippen molar-refractivity contribution in [2.75, 3.05) is 38.2 Å². The van der Waals surface area contributed by atoms with Crippen molar-refractivity contribution in [3.8, 4) is 0 Å². The van der Waals surface area contributed by atoms with Crippen LogP contribution in [-0.2, 0) is 11.2 Å². The van der Waals surface area contributed by atoms with Gasteiger partial charge in [-0.05, 0) is 45.6 Å². The minimum atomic E-state index is -0.472. The monoisotopic (exact) mass is 396 g/mol. The number of ether oxygens (including phenoxy) is 1. The van der Waals surface area contributed by atoms with Crippen molar-refractivity contribution in [3.05, 3.63) is 24.2 Å². The van der Waals surface area contributed by atoms with Crippen LogP contribution in [0.2, 0.25) is 0 Å². The molecule has 1 aromatic heterocycles. The first kappa shape index (κ1) is 21.5. The number of rotatable bonds is 7. The van der Waals surface area contributed by atoms with E-state index in [4.69, 9.17) is 9.15 Å². The first-order valence-electron chi connectivity index (χ1n) is 9.41. The number of likely N-dealkylation sites (tertiary alicyclic amines) is 1. The van der Waals surface area contributed by atoms with Crippen LogP contribution in [0.1, 0.15) is 33.0 Å². The van der Waals surface area contributed by atoms with Crippen molar-refractivity contribution in [2.24, 2.45) is 4.99 Å². The molecular weight excluding hydrogens is 364 g/mol. The highest BCUT2D eigenvalue weighted by Crippen LogP contribution is 2.15. The second-order valence-corrected chi connectivity index (χ2v) is 8.52. The van der Waals surface area contributed by atoms with Gasteiger partial charge in [-0.15, -0.1) is 0 Å². The number of hydrogen-bond donors (Lipinski definition) is 2. The van der Waals surface area contributed by atoms with Crippen molar-refractivity contribution in [3.63, 3.8) is 0 Å². The van der Waals surface area contributed by atoms with Crippen molar-refractivity contribution >= 4 is 23.8 Å². The van der Waals surface area contributed by atoms with E-state index in [2.05, 4.69) is 21.9 Å². The molecule has 2 heterocycles. The fourth-order valence-corrected chi connectivity index (χ4v) is 3.00. The third-order valence-electron chi connectivity index (χ3n) is 3.99. The lowest BCUT2D eigenvalue weighted by molar-refractivity contribution is 0.0292. The number of aliphatic imine (C=N–C) groups is 1. The standard InChI is InChI=1S/C19H32N4O3S/c1-19(2,3)26-18(24)23-11-8-15(14-23)22-17(21-10-13-27-4)20-9-7-16-6-5-12-25-16/h5-6,12,15H,7-11,13-14H2,1-4H3,(H2,20,21,22). The Labute approximate surface area is 166 Å². The maximum atomic E-state index is 12.2. The number of nitrogens with zero attached hydrogens (tertiary/aromatic N) is 2. The summed E-state index contributed by atoms with van der Waals surface area (Å²) in [5, 5.41) is 6.81. The second-order valence-electron chi connectivity index (χ2n) is 7.54. The molecule has 0 bridgehead atoms. The van der Waals surface area contributed by atoms with E-state index < -0.39 is 5.60 Å². The predicted octanol–water partition coefficient (Wildman–Crippen LogP) is 2.73. The minimum Gasteiger partial charge on any atom is -0.469 e. The molecule has 1 aliphatic rings. The van der Waals surface area contributed by atoms with Crippen LogP contribution in [0.5, 0.6) is 0 Å². The normalized spacial score (nSPS) is 17.9. The van der Waals surface area contributed by atoms with E-state index >= 15 is 0 Å². The van der Waals surface area contributed by atoms with Crippen LogP contribution in [0.3, 0.4) is 0 Å². The predicted molar refractivity (Wildman–Crippen MR) is 110 cm³/mol. The molecule has 1 aromatic rings. The maximum Gasteiger partial charge on any atom is 0.410 e. The molecule has 8 heteroatoms. The van der Waals surface area contributed by atoms with Gasteiger partial charge >= 0.3 is 6.09 Å². The van der Waals surface area contributed by atoms with Crippen LogP contribution >= 0.6 is 11.8 Å². The molecule has 7 nitrogen and oxygen atoms in total. The zero-order chi connectivity index (χ0) is 19.7. The van der Waals surface area contributed by atoms with Crippen LogP contribution < -0.4 is 10.6 Å². The van der Waals surface area contributed by atoms with Gasteiger partial charge in [0.1, 0.15) is 11.4 Å². The van der Waals surface area contributed by atoms with Gasteiger partial charge in [0.15, 0.2) is 5.96 Å². The second kappa shape index (κ2) is 10.5. The van der Waals surface area contributed by atoms with Gasteiger partial charge < -0.3 is 24.7 Å². The Hall–Kier alpha value is -1.83. The van der Waals surface area contributed by atoms with Gasteiger partial charge in [0.25, 0.3) is 0 Å². The van der Waals surface area contributed by atoms with Gasteiger partial charge in [0, 0.05) is 37.8 Å². The molecule has 0 aliphatic carbocycles. The van der Waals surface area contributed by atoms with Crippen LogP contribution in [0.4, 0.5) is 4.79 Å². The molecule has 152 valence electrons. The van der Waals surface area contributed by atoms with Gasteiger partial charge in [-0.1, -0.05) is 0 Å². The lowest BCUT2D eigenvalue weighted by atomic mass is 10.2. The van der Waals surface area contributed by atoms with E-state index in [1.165, 1.54) is 0 Å². The van der Waals surface area contributed by atoms with Crippen molar-refractivity contribution in [1.82, 2.24) is 15.5 Å². The molecule has 27 heavy (non-hydrogen) atoms. The minimum absolute atomic E-state index is 0.168. The lowest BCUT2D eigenvalue weighted by Gasteiger charge is -2.24. The molecule has 1 fully saturated rings. The zero-order valence-electron chi connectivity index (χ0n) is 16.8. The van der Waals surface area contributed by atoms with Crippen LogP contribution in [0.25, 0.3) is 0 Å². The van der Waals surface area contributed by atoms with Gasteiger partial charge in [0.2, 0.25) is 0 Å². The Morgan fingerprint density at radius 2 is 2.30 bits per heavy atom. The Morgan fingerprint density at radius 3 is 2.96 bits per heavy atom. The smallest absolute Gasteiger partial charge is 0.410 e. The molecule has 0 radical (unpaired) electrons. The van der Waals surface area contributed by atoms with E-state index in [0.717, 1.165) is 43.4 Å². The van der Waals surface area contributed by atoms with E-state index in [1.54, 1.807) is 22.9 Å². The van der Waals surface area contributed by atoms with Crippen molar-refractivity contribution in [1.29, 1.82) is 0 Å². The Balaban J connectivity index is 1.83. The quantitative estimate of drug-likeness (QED) is 0.419. The molecule has 1 saturated heterocycles. The van der Waals surface area contributed by atoms with Crippen molar-refractivity contribution in [2.45, 2.75) is 45.3 Å². The number of carbonyl (C=O) groups is 1. The third-order valence-corrected chi connectivity index (χ3v) is 4.58. The number of carbonyl (C=O) groups excluding carboxylic acids is 1. The summed E-state index contributed by atoms with van der Waals surface area (Å²) in [7, 11) is 0.